The molecule has 0 aliphatic carbocycles. The third-order valence-electron chi connectivity index (χ3n) is 3.73. The maximum Gasteiger partial charge on any atom is 0.266 e. The van der Waals surface area contributed by atoms with E-state index in [2.05, 4.69) is 50.7 Å². The number of aryl methyl sites for hydroxylation is 2. The number of imidazole rings is 1. The number of carbonyl (C=O) groups excluding carboxylic acids is 1. The normalized spacial score (nSPS) is 13.1. The number of hydrogen-bond donors (Lipinski definition) is 0. The minimum absolute atomic E-state index is 0.00502. The van der Waals surface area contributed by atoms with Crippen molar-refractivity contribution >= 4 is 60.1 Å². The molecule has 0 bridgehead atoms. The van der Waals surface area contributed by atoms with Gasteiger partial charge in [-0.2, -0.15) is 0 Å². The predicted octanol–water partition coefficient (Wildman–Crippen LogP) is 4.91. The molecule has 100 valence electrons. The first-order valence-electron chi connectivity index (χ1n) is 6.01. The van der Waals surface area contributed by atoms with Crippen molar-refractivity contribution in [3.63, 3.8) is 0 Å². The molecule has 0 unspecified atom stereocenters. The van der Waals surface area contributed by atoms with E-state index in [1.54, 1.807) is 4.57 Å². The number of carbonyl (C=O) groups is 1. The van der Waals surface area contributed by atoms with Crippen LogP contribution in [0, 0.1) is 13.8 Å². The molecule has 1 aliphatic rings. The highest BCUT2D eigenvalue weighted by Gasteiger charge is 2.35. The van der Waals surface area contributed by atoms with Gasteiger partial charge >= 0.3 is 0 Å². The molecule has 0 saturated carbocycles. The van der Waals surface area contributed by atoms with E-state index in [1.807, 2.05) is 12.1 Å². The van der Waals surface area contributed by atoms with Crippen molar-refractivity contribution < 1.29 is 4.79 Å². The summed E-state index contributed by atoms with van der Waals surface area (Å²) in [4.78, 5) is 17.3. The molecule has 0 fully saturated rings. The van der Waals surface area contributed by atoms with Crippen LogP contribution in [-0.4, -0.2) is 15.5 Å². The second-order valence-electron chi connectivity index (χ2n) is 4.90. The molecule has 0 radical (unpaired) electrons. The molecule has 3 heterocycles. The summed E-state index contributed by atoms with van der Waals surface area (Å²) in [7, 11) is 0. The average molecular weight is 412 g/mol. The zero-order valence-electron chi connectivity index (χ0n) is 10.6. The minimum atomic E-state index is -0.00502. The number of nitrogens with zero attached hydrogens (tertiary/aromatic N) is 2. The van der Waals surface area contributed by atoms with Gasteiger partial charge in [-0.15, -0.1) is 11.3 Å². The summed E-state index contributed by atoms with van der Waals surface area (Å²) in [5.74, 6) is 0.730. The van der Waals surface area contributed by atoms with E-state index in [4.69, 9.17) is 0 Å². The van der Waals surface area contributed by atoms with Crippen LogP contribution >= 0.6 is 43.2 Å². The van der Waals surface area contributed by atoms with Crippen molar-refractivity contribution in [2.24, 2.45) is 0 Å². The number of rotatable bonds is 0. The molecule has 3 aromatic rings. The lowest BCUT2D eigenvalue weighted by Gasteiger charge is -2.02. The topological polar surface area (TPSA) is 34.9 Å². The number of fused-ring (bicyclic) bond motifs is 5. The van der Waals surface area contributed by atoms with Crippen LogP contribution < -0.4 is 0 Å². The molecular weight excluding hydrogens is 404 g/mol. The Morgan fingerprint density at radius 1 is 1.10 bits per heavy atom. The fourth-order valence-electron chi connectivity index (χ4n) is 2.59. The Morgan fingerprint density at radius 2 is 1.75 bits per heavy atom. The lowest BCUT2D eigenvalue weighted by molar-refractivity contribution is 0.0973. The molecule has 20 heavy (non-hydrogen) atoms. The van der Waals surface area contributed by atoms with Crippen molar-refractivity contribution in [1.29, 1.82) is 0 Å². The van der Waals surface area contributed by atoms with Gasteiger partial charge in [0.25, 0.3) is 5.91 Å². The number of benzene rings is 1. The third-order valence-corrected chi connectivity index (χ3v) is 6.26. The van der Waals surface area contributed by atoms with Crippen LogP contribution in [0.1, 0.15) is 21.5 Å². The van der Waals surface area contributed by atoms with Gasteiger partial charge in [-0.3, -0.25) is 9.36 Å². The molecule has 4 rings (SSSR count). The van der Waals surface area contributed by atoms with Crippen LogP contribution in [0.15, 0.2) is 19.7 Å². The summed E-state index contributed by atoms with van der Waals surface area (Å²) in [5.41, 5.74) is 5.72. The first-order valence-corrected chi connectivity index (χ1v) is 8.42. The molecule has 0 N–H and O–H groups in total. The van der Waals surface area contributed by atoms with Gasteiger partial charge < -0.3 is 0 Å². The Balaban J connectivity index is 2.16. The van der Waals surface area contributed by atoms with E-state index < -0.39 is 0 Å². The summed E-state index contributed by atoms with van der Waals surface area (Å²) in [6, 6.07) is 4.08. The SMILES string of the molecule is Cc1cc2nc3n(c2cc1C)C(=O)c1c(Br)sc(Br)c1-3. The number of hydrogen-bond acceptors (Lipinski definition) is 3. The molecule has 0 atom stereocenters. The molecular formula is C14H8Br2N2OS. The summed E-state index contributed by atoms with van der Waals surface area (Å²) in [6.07, 6.45) is 0. The zero-order chi connectivity index (χ0) is 14.2. The van der Waals surface area contributed by atoms with Crippen LogP contribution in [0.25, 0.3) is 22.4 Å². The molecule has 0 saturated heterocycles. The molecule has 0 amide bonds. The largest absolute Gasteiger partial charge is 0.268 e. The predicted molar refractivity (Wildman–Crippen MR) is 87.6 cm³/mol. The smallest absolute Gasteiger partial charge is 0.266 e. The van der Waals surface area contributed by atoms with E-state index in [0.717, 1.165) is 30.0 Å². The van der Waals surface area contributed by atoms with Gasteiger partial charge in [-0.1, -0.05) is 0 Å². The minimum Gasteiger partial charge on any atom is -0.268 e. The zero-order valence-corrected chi connectivity index (χ0v) is 14.6. The van der Waals surface area contributed by atoms with Crippen molar-refractivity contribution in [2.45, 2.75) is 13.8 Å². The number of halogens is 2. The molecule has 1 aliphatic heterocycles. The fraction of sp³-hybridized carbons (Fsp3) is 0.143. The van der Waals surface area contributed by atoms with E-state index in [9.17, 15) is 4.79 Å². The van der Waals surface area contributed by atoms with E-state index in [1.165, 1.54) is 22.5 Å². The first-order chi connectivity index (χ1) is 9.49. The Morgan fingerprint density at radius 3 is 2.50 bits per heavy atom. The number of thiophene rings is 1. The molecule has 0 spiro atoms. The van der Waals surface area contributed by atoms with E-state index in [-0.39, 0.29) is 5.91 Å². The van der Waals surface area contributed by atoms with Crippen LogP contribution in [-0.2, 0) is 0 Å². The van der Waals surface area contributed by atoms with Gasteiger partial charge in [0.1, 0.15) is 0 Å². The van der Waals surface area contributed by atoms with Gasteiger partial charge in [0.2, 0.25) is 0 Å². The van der Waals surface area contributed by atoms with Crippen molar-refractivity contribution in [2.75, 3.05) is 0 Å². The highest BCUT2D eigenvalue weighted by Crippen LogP contribution is 2.48. The fourth-order valence-corrected chi connectivity index (χ4v) is 5.70. The standard InChI is InChI=1S/C14H8Br2N2OS/c1-5-3-7-8(4-6(5)2)18-13(17-7)9-10(14(18)19)12(16)20-11(9)15/h3-4H,1-2H3. The van der Waals surface area contributed by atoms with Crippen molar-refractivity contribution in [3.8, 4) is 11.4 Å². The van der Waals surface area contributed by atoms with E-state index in [0.29, 0.717) is 5.56 Å². The summed E-state index contributed by atoms with van der Waals surface area (Å²) >= 11 is 8.52. The molecule has 3 nitrogen and oxygen atoms in total. The maximum atomic E-state index is 12.7. The van der Waals surface area contributed by atoms with Gasteiger partial charge in [0, 0.05) is 0 Å². The van der Waals surface area contributed by atoms with Gasteiger partial charge in [0.05, 0.1) is 29.7 Å². The third kappa shape index (κ3) is 1.44. The van der Waals surface area contributed by atoms with Gasteiger partial charge in [0.15, 0.2) is 5.82 Å². The number of aromatic nitrogens is 2. The highest BCUT2D eigenvalue weighted by atomic mass is 79.9. The quantitative estimate of drug-likeness (QED) is 0.412. The van der Waals surface area contributed by atoms with Crippen molar-refractivity contribution in [1.82, 2.24) is 9.55 Å². The van der Waals surface area contributed by atoms with Crippen LogP contribution in [0.2, 0.25) is 0 Å². The second-order valence-corrected chi connectivity index (χ2v) is 8.56. The lowest BCUT2D eigenvalue weighted by atomic mass is 10.1. The first kappa shape index (κ1) is 12.7. The van der Waals surface area contributed by atoms with Crippen LogP contribution in [0.5, 0.6) is 0 Å². The Bertz CT molecular complexity index is 923. The molecule has 2 aromatic heterocycles. The monoisotopic (exact) mass is 410 g/mol. The summed E-state index contributed by atoms with van der Waals surface area (Å²) in [6.45, 7) is 4.11. The van der Waals surface area contributed by atoms with Crippen molar-refractivity contribution in [3.05, 3.63) is 36.4 Å². The van der Waals surface area contributed by atoms with E-state index >= 15 is 0 Å². The lowest BCUT2D eigenvalue weighted by Crippen LogP contribution is -2.06. The maximum absolute atomic E-state index is 12.7. The van der Waals surface area contributed by atoms with Crippen LogP contribution in [0.4, 0.5) is 0 Å². The average Bonchev–Trinajstić information content (AvgIpc) is 2.95. The highest BCUT2D eigenvalue weighted by molar-refractivity contribution is 9.12. The summed E-state index contributed by atoms with van der Waals surface area (Å²) in [5, 5.41) is 0. The Kier molecular flexibility index (Phi) is 2.56. The van der Waals surface area contributed by atoms with Gasteiger partial charge in [-0.25, -0.2) is 4.98 Å². The molecule has 6 heteroatoms. The van der Waals surface area contributed by atoms with Crippen LogP contribution in [0.3, 0.4) is 0 Å². The molecule has 1 aromatic carbocycles. The summed E-state index contributed by atoms with van der Waals surface area (Å²) < 4.78 is 3.51. The Labute approximate surface area is 135 Å². The Hall–Kier alpha value is -0.980. The second kappa shape index (κ2) is 4.02. The van der Waals surface area contributed by atoms with Gasteiger partial charge in [-0.05, 0) is 69.0 Å².